The van der Waals surface area contributed by atoms with Gasteiger partial charge in [0.1, 0.15) is 0 Å². The second-order valence-corrected chi connectivity index (χ2v) is 3.07. The lowest BCUT2D eigenvalue weighted by atomic mass is 10.5. The summed E-state index contributed by atoms with van der Waals surface area (Å²) in [5.41, 5.74) is 0. The van der Waals surface area contributed by atoms with Crippen molar-refractivity contribution in [1.29, 1.82) is 0 Å². The summed E-state index contributed by atoms with van der Waals surface area (Å²) >= 11 is 6.84. The Labute approximate surface area is 80.1 Å². The molecule has 0 spiro atoms. The van der Waals surface area contributed by atoms with E-state index < -0.39 is 0 Å². The maximum absolute atomic E-state index is 8.73. The molecule has 1 rings (SSSR count). The van der Waals surface area contributed by atoms with Crippen molar-refractivity contribution in [1.82, 2.24) is 8.75 Å². The van der Waals surface area contributed by atoms with Crippen molar-refractivity contribution >= 4 is 29.1 Å². The molecule has 4 nitrogen and oxygen atoms in total. The van der Waals surface area contributed by atoms with E-state index in [-0.39, 0.29) is 6.61 Å². The molecule has 0 saturated carbocycles. The number of halogens is 1. The van der Waals surface area contributed by atoms with Crippen LogP contribution in [0.4, 0.5) is 5.82 Å². The van der Waals surface area contributed by atoms with Gasteiger partial charge in [-0.1, -0.05) is 11.6 Å². The zero-order valence-corrected chi connectivity index (χ0v) is 8.27. The largest absolute Gasteiger partial charge is 0.395 e. The van der Waals surface area contributed by atoms with Gasteiger partial charge < -0.3 is 10.0 Å². The first-order valence-corrected chi connectivity index (χ1v) is 4.74. The number of anilines is 1. The first-order valence-electron chi connectivity index (χ1n) is 3.63. The van der Waals surface area contributed by atoms with Gasteiger partial charge >= 0.3 is 0 Å². The van der Waals surface area contributed by atoms with Crippen LogP contribution in [0.15, 0.2) is 0 Å². The van der Waals surface area contributed by atoms with E-state index >= 15 is 0 Å². The lowest BCUT2D eigenvalue weighted by Gasteiger charge is -2.18. The highest BCUT2D eigenvalue weighted by atomic mass is 35.5. The maximum Gasteiger partial charge on any atom is 0.187 e. The third kappa shape index (κ3) is 2.06. The van der Waals surface area contributed by atoms with Crippen molar-refractivity contribution in [3.05, 3.63) is 5.15 Å². The fraction of sp³-hybridized carbons (Fsp3) is 0.667. The summed E-state index contributed by atoms with van der Waals surface area (Å²) < 4.78 is 7.86. The van der Waals surface area contributed by atoms with Crippen LogP contribution in [-0.2, 0) is 0 Å². The zero-order valence-electron chi connectivity index (χ0n) is 6.70. The van der Waals surface area contributed by atoms with E-state index in [1.807, 2.05) is 11.8 Å². The molecule has 0 bridgehead atoms. The van der Waals surface area contributed by atoms with Gasteiger partial charge in [-0.2, -0.15) is 8.75 Å². The maximum atomic E-state index is 8.73. The Balaban J connectivity index is 2.72. The van der Waals surface area contributed by atoms with E-state index in [0.29, 0.717) is 17.5 Å². The fourth-order valence-electron chi connectivity index (χ4n) is 0.896. The van der Waals surface area contributed by atoms with Crippen molar-refractivity contribution in [2.45, 2.75) is 6.92 Å². The second-order valence-electron chi connectivity index (χ2n) is 2.18. The van der Waals surface area contributed by atoms with Gasteiger partial charge in [-0.3, -0.25) is 0 Å². The Morgan fingerprint density at radius 3 is 2.75 bits per heavy atom. The Morgan fingerprint density at radius 2 is 2.33 bits per heavy atom. The molecule has 1 aromatic rings. The molecule has 1 aromatic heterocycles. The van der Waals surface area contributed by atoms with E-state index in [1.54, 1.807) is 0 Å². The van der Waals surface area contributed by atoms with Crippen molar-refractivity contribution in [2.24, 2.45) is 0 Å². The molecule has 0 aliphatic carbocycles. The van der Waals surface area contributed by atoms with E-state index in [4.69, 9.17) is 16.7 Å². The van der Waals surface area contributed by atoms with E-state index in [1.165, 1.54) is 0 Å². The number of hydrogen-bond acceptors (Lipinski definition) is 5. The van der Waals surface area contributed by atoms with Gasteiger partial charge in [0.05, 0.1) is 18.3 Å². The Hall–Kier alpha value is -0.390. The van der Waals surface area contributed by atoms with Gasteiger partial charge in [0.2, 0.25) is 0 Å². The van der Waals surface area contributed by atoms with Crippen LogP contribution in [0.1, 0.15) is 6.92 Å². The van der Waals surface area contributed by atoms with Gasteiger partial charge in [0.25, 0.3) is 0 Å². The molecule has 0 aromatic carbocycles. The molecular weight excluding hydrogens is 198 g/mol. The number of rotatable bonds is 4. The highest BCUT2D eigenvalue weighted by Crippen LogP contribution is 2.21. The molecule has 6 heteroatoms. The highest BCUT2D eigenvalue weighted by Gasteiger charge is 2.11. The Morgan fingerprint density at radius 1 is 1.58 bits per heavy atom. The van der Waals surface area contributed by atoms with E-state index in [0.717, 1.165) is 18.3 Å². The first-order chi connectivity index (χ1) is 5.79. The van der Waals surface area contributed by atoms with Crippen molar-refractivity contribution in [2.75, 3.05) is 24.6 Å². The quantitative estimate of drug-likeness (QED) is 0.801. The minimum atomic E-state index is 0.0989. The molecule has 0 amide bonds. The van der Waals surface area contributed by atoms with E-state index in [9.17, 15) is 0 Å². The summed E-state index contributed by atoms with van der Waals surface area (Å²) in [7, 11) is 0. The zero-order chi connectivity index (χ0) is 8.97. The second kappa shape index (κ2) is 4.59. The summed E-state index contributed by atoms with van der Waals surface area (Å²) in [5, 5.41) is 9.14. The van der Waals surface area contributed by atoms with Gasteiger partial charge in [0, 0.05) is 13.1 Å². The fourth-order valence-corrected chi connectivity index (χ4v) is 1.67. The third-order valence-electron chi connectivity index (χ3n) is 1.48. The highest BCUT2D eigenvalue weighted by molar-refractivity contribution is 6.99. The minimum absolute atomic E-state index is 0.0989. The summed E-state index contributed by atoms with van der Waals surface area (Å²) in [4.78, 5) is 1.88. The predicted octanol–water partition coefficient (Wildman–Crippen LogP) is 1.01. The lowest BCUT2D eigenvalue weighted by Crippen LogP contribution is -2.26. The molecule has 0 aliphatic rings. The first kappa shape index (κ1) is 9.70. The van der Waals surface area contributed by atoms with Crippen LogP contribution in [0.3, 0.4) is 0 Å². The van der Waals surface area contributed by atoms with Crippen LogP contribution in [0.5, 0.6) is 0 Å². The molecule has 68 valence electrons. The molecular formula is C6H10ClN3OS. The lowest BCUT2D eigenvalue weighted by molar-refractivity contribution is 0.302. The average molecular weight is 208 g/mol. The summed E-state index contributed by atoms with van der Waals surface area (Å²) in [6.45, 7) is 3.39. The van der Waals surface area contributed by atoms with Gasteiger partial charge in [-0.05, 0) is 6.92 Å². The number of hydrogen-bond donors (Lipinski definition) is 1. The molecule has 0 fully saturated rings. The number of aromatic nitrogens is 2. The van der Waals surface area contributed by atoms with Gasteiger partial charge in [0.15, 0.2) is 11.0 Å². The summed E-state index contributed by atoms with van der Waals surface area (Å²) in [6.07, 6.45) is 0. The average Bonchev–Trinajstić information content (AvgIpc) is 2.47. The molecule has 12 heavy (non-hydrogen) atoms. The molecule has 0 atom stereocenters. The van der Waals surface area contributed by atoms with Crippen LogP contribution in [-0.4, -0.2) is 33.6 Å². The Bertz CT molecular complexity index is 242. The van der Waals surface area contributed by atoms with Crippen molar-refractivity contribution < 1.29 is 5.11 Å². The summed E-state index contributed by atoms with van der Waals surface area (Å²) in [6, 6.07) is 0. The third-order valence-corrected chi connectivity index (χ3v) is 2.36. The van der Waals surface area contributed by atoms with Crippen LogP contribution >= 0.6 is 23.3 Å². The predicted molar refractivity (Wildman–Crippen MR) is 49.9 cm³/mol. The molecule has 1 heterocycles. The van der Waals surface area contributed by atoms with Crippen molar-refractivity contribution in [3.63, 3.8) is 0 Å². The van der Waals surface area contributed by atoms with Gasteiger partial charge in [-0.15, -0.1) is 0 Å². The number of aliphatic hydroxyl groups excluding tert-OH is 1. The van der Waals surface area contributed by atoms with Crippen LogP contribution in [0.2, 0.25) is 5.15 Å². The number of aliphatic hydroxyl groups is 1. The standard InChI is InChI=1S/C6H10ClN3OS/c1-2-10(3-4-11)6-5(7)8-12-9-6/h11H,2-4H2,1H3. The normalized spacial score (nSPS) is 10.2. The number of likely N-dealkylation sites (N-methyl/N-ethyl adjacent to an activating group) is 1. The number of nitrogens with zero attached hydrogens (tertiary/aromatic N) is 3. The Kier molecular flexibility index (Phi) is 3.71. The van der Waals surface area contributed by atoms with Gasteiger partial charge in [-0.25, -0.2) is 0 Å². The monoisotopic (exact) mass is 207 g/mol. The van der Waals surface area contributed by atoms with Crippen LogP contribution in [0.25, 0.3) is 0 Å². The van der Waals surface area contributed by atoms with Crippen LogP contribution < -0.4 is 4.90 Å². The van der Waals surface area contributed by atoms with Crippen LogP contribution in [0, 0.1) is 0 Å². The molecule has 0 radical (unpaired) electrons. The smallest absolute Gasteiger partial charge is 0.187 e. The SMILES string of the molecule is CCN(CCO)c1nsnc1Cl. The van der Waals surface area contributed by atoms with E-state index in [2.05, 4.69) is 8.75 Å². The molecule has 0 unspecified atom stereocenters. The summed E-state index contributed by atoms with van der Waals surface area (Å²) in [5.74, 6) is 0.665. The topological polar surface area (TPSA) is 49.2 Å². The molecule has 0 aliphatic heterocycles. The minimum Gasteiger partial charge on any atom is -0.395 e. The van der Waals surface area contributed by atoms with Crippen molar-refractivity contribution in [3.8, 4) is 0 Å². The molecule has 0 saturated heterocycles. The molecule has 1 N–H and O–H groups in total.